The summed E-state index contributed by atoms with van der Waals surface area (Å²) in [6.45, 7) is 17.2. The van der Waals surface area contributed by atoms with Crippen LogP contribution >= 0.6 is 0 Å². The first kappa shape index (κ1) is 34.6. The number of carbonyl (C=O) groups is 1. The Morgan fingerprint density at radius 2 is 1.84 bits per heavy atom. The summed E-state index contributed by atoms with van der Waals surface area (Å²) in [4.78, 5) is 20.7. The van der Waals surface area contributed by atoms with Crippen LogP contribution in [-0.2, 0) is 9.53 Å². The van der Waals surface area contributed by atoms with Gasteiger partial charge in [-0.1, -0.05) is 45.1 Å². The lowest BCUT2D eigenvalue weighted by atomic mass is 10.1. The molecule has 1 saturated heterocycles. The normalized spacial score (nSPS) is 17.3. The highest BCUT2D eigenvalue weighted by atomic mass is 16.5. The number of allylic oxidation sites excluding steroid dienone is 5. The van der Waals surface area contributed by atoms with Crippen molar-refractivity contribution in [2.45, 2.75) is 66.7 Å². The number of hydrogen-bond acceptors (Lipinski definition) is 7. The van der Waals surface area contributed by atoms with Crippen LogP contribution in [0.2, 0.25) is 0 Å². The van der Waals surface area contributed by atoms with Crippen molar-refractivity contribution in [3.63, 3.8) is 0 Å². The van der Waals surface area contributed by atoms with Crippen LogP contribution < -0.4 is 15.4 Å². The summed E-state index contributed by atoms with van der Waals surface area (Å²) in [5.41, 5.74) is 9.92. The third-order valence-electron chi connectivity index (χ3n) is 8.16. The highest BCUT2D eigenvalue weighted by molar-refractivity contribution is 5.85. The molecule has 1 aromatic carbocycles. The van der Waals surface area contributed by atoms with Gasteiger partial charge < -0.3 is 25.0 Å². The van der Waals surface area contributed by atoms with Gasteiger partial charge in [0.1, 0.15) is 18.2 Å². The molecular formula is C35H52N6O3. The number of nitrogens with two attached hydrogens (primary N) is 1. The van der Waals surface area contributed by atoms with Crippen molar-refractivity contribution >= 4 is 28.7 Å². The quantitative estimate of drug-likeness (QED) is 0.203. The third kappa shape index (κ3) is 9.84. The molecule has 1 aliphatic heterocycles. The van der Waals surface area contributed by atoms with E-state index in [1.807, 2.05) is 39.0 Å². The second-order valence-electron chi connectivity index (χ2n) is 11.6. The van der Waals surface area contributed by atoms with Gasteiger partial charge in [0.25, 0.3) is 0 Å². The lowest BCUT2D eigenvalue weighted by Crippen LogP contribution is -2.26. The lowest BCUT2D eigenvalue weighted by molar-refractivity contribution is -0.124. The molecule has 0 bridgehead atoms. The molecule has 0 spiro atoms. The predicted octanol–water partition coefficient (Wildman–Crippen LogP) is 6.60. The second kappa shape index (κ2) is 16.9. The van der Waals surface area contributed by atoms with E-state index >= 15 is 0 Å². The summed E-state index contributed by atoms with van der Waals surface area (Å²) in [6.07, 6.45) is 12.2. The maximum atomic E-state index is 12.0. The lowest BCUT2D eigenvalue weighted by Gasteiger charge is -2.21. The van der Waals surface area contributed by atoms with E-state index in [0.29, 0.717) is 30.6 Å². The molecule has 2 fully saturated rings. The van der Waals surface area contributed by atoms with Crippen molar-refractivity contribution in [1.82, 2.24) is 19.7 Å². The van der Waals surface area contributed by atoms with Crippen molar-refractivity contribution < 1.29 is 14.3 Å². The number of rotatable bonds is 13. The van der Waals surface area contributed by atoms with E-state index < -0.39 is 0 Å². The number of amides is 1. The van der Waals surface area contributed by atoms with Gasteiger partial charge in [-0.3, -0.25) is 4.79 Å². The van der Waals surface area contributed by atoms with Crippen LogP contribution in [0.15, 0.2) is 54.6 Å². The minimum absolute atomic E-state index is 0.0776. The van der Waals surface area contributed by atoms with Crippen LogP contribution in [0.5, 0.6) is 5.75 Å². The van der Waals surface area contributed by atoms with Crippen molar-refractivity contribution in [2.24, 2.45) is 17.6 Å². The maximum absolute atomic E-state index is 12.0. The molecule has 1 unspecified atom stereocenters. The van der Waals surface area contributed by atoms with E-state index in [0.717, 1.165) is 35.2 Å². The predicted molar refractivity (Wildman–Crippen MR) is 181 cm³/mol. The first-order chi connectivity index (χ1) is 21.1. The van der Waals surface area contributed by atoms with Crippen LogP contribution in [0, 0.1) is 11.8 Å². The van der Waals surface area contributed by atoms with Crippen molar-refractivity contribution in [3.8, 4) is 5.75 Å². The molecule has 1 aromatic heterocycles. The Hall–Kier alpha value is -3.85. The first-order valence-electron chi connectivity index (χ1n) is 15.8. The molecule has 9 heteroatoms. The summed E-state index contributed by atoms with van der Waals surface area (Å²) >= 11 is 0. The molecule has 0 radical (unpaired) electrons. The van der Waals surface area contributed by atoms with Crippen molar-refractivity contribution in [1.29, 1.82) is 0 Å². The van der Waals surface area contributed by atoms with E-state index in [2.05, 4.69) is 52.8 Å². The van der Waals surface area contributed by atoms with Crippen LogP contribution in [0.1, 0.15) is 78.4 Å². The van der Waals surface area contributed by atoms with Gasteiger partial charge in [-0.2, -0.15) is 4.68 Å². The second-order valence-corrected chi connectivity index (χ2v) is 11.6. The van der Waals surface area contributed by atoms with E-state index in [4.69, 9.17) is 15.2 Å². The first-order valence-corrected chi connectivity index (χ1v) is 15.8. The Kier molecular flexibility index (Phi) is 13.3. The molecule has 2 aromatic rings. The molecule has 2 heterocycles. The molecule has 4 rings (SSSR count). The van der Waals surface area contributed by atoms with Gasteiger partial charge in [0.15, 0.2) is 11.6 Å². The van der Waals surface area contributed by atoms with Crippen molar-refractivity contribution in [3.05, 3.63) is 66.3 Å². The van der Waals surface area contributed by atoms with Gasteiger partial charge in [-0.15, -0.1) is 5.10 Å². The minimum Gasteiger partial charge on any atom is -0.491 e. The smallest absolute Gasteiger partial charge is 0.223 e. The van der Waals surface area contributed by atoms with Crippen LogP contribution in [-0.4, -0.2) is 66.0 Å². The average Bonchev–Trinajstić information content (AvgIpc) is 3.52. The summed E-state index contributed by atoms with van der Waals surface area (Å²) in [5.74, 6) is 3.79. The molecule has 44 heavy (non-hydrogen) atoms. The van der Waals surface area contributed by atoms with Gasteiger partial charge in [0.2, 0.25) is 5.91 Å². The molecule has 1 aliphatic carbocycles. The number of aromatic nitrogens is 3. The number of benzene rings is 1. The zero-order valence-corrected chi connectivity index (χ0v) is 27.8. The monoisotopic (exact) mass is 604 g/mol. The fourth-order valence-electron chi connectivity index (χ4n) is 4.90. The number of carbonyl (C=O) groups excluding carboxylic acids is 1. The number of hydrogen-bond donors (Lipinski definition) is 1. The Morgan fingerprint density at radius 1 is 1.14 bits per heavy atom. The Morgan fingerprint density at radius 3 is 2.39 bits per heavy atom. The molecule has 2 aliphatic rings. The van der Waals surface area contributed by atoms with E-state index in [9.17, 15) is 4.79 Å². The summed E-state index contributed by atoms with van der Waals surface area (Å²) in [7, 11) is 3.42. The molecule has 2 N–H and O–H groups in total. The average molecular weight is 605 g/mol. The van der Waals surface area contributed by atoms with E-state index in [1.165, 1.54) is 56.1 Å². The molecular weight excluding hydrogens is 552 g/mol. The fourth-order valence-corrected chi connectivity index (χ4v) is 4.90. The van der Waals surface area contributed by atoms with Gasteiger partial charge in [0, 0.05) is 39.9 Å². The maximum Gasteiger partial charge on any atom is 0.223 e. The Balaban J connectivity index is 0.000000257. The standard InChI is InChI=1S/C20H29N5O.C15H23NO2/c1-7-13(2)18(24(6)16(5)26)20-22-19(23-25(20)15(4)21)14(3)9-8-10-17-11-12-17;1-3-13-8-9-16(12-13)14-4-6-15(7-5-14)18-11-10-17-2/h8-10,17H,4,7,11-12,21H2,1-3,5-6H3;4-7,13H,3,8-12H2,1-2H3/b10-8-,14-9+,18-13-;. The van der Waals surface area contributed by atoms with Gasteiger partial charge >= 0.3 is 0 Å². The van der Waals surface area contributed by atoms with Gasteiger partial charge in [0.05, 0.1) is 12.3 Å². The van der Waals surface area contributed by atoms with E-state index in [-0.39, 0.29) is 11.7 Å². The van der Waals surface area contributed by atoms with Crippen LogP contribution in [0.3, 0.4) is 0 Å². The van der Waals surface area contributed by atoms with Crippen LogP contribution in [0.4, 0.5) is 5.69 Å². The highest BCUT2D eigenvalue weighted by Crippen LogP contribution is 2.30. The minimum atomic E-state index is -0.0776. The summed E-state index contributed by atoms with van der Waals surface area (Å²) < 4.78 is 12.0. The highest BCUT2D eigenvalue weighted by Gasteiger charge is 2.23. The van der Waals surface area contributed by atoms with E-state index in [1.54, 1.807) is 19.1 Å². The molecule has 1 saturated carbocycles. The van der Waals surface area contributed by atoms with Gasteiger partial charge in [-0.05, 0) is 86.8 Å². The fraction of sp³-hybridized carbons (Fsp3) is 0.514. The topological polar surface area (TPSA) is 98.7 Å². The SMILES string of the molecule is C=C(N)n1nc(/C(C)=C/C=C\C2CC2)nc1/C(=C(\C)CC)N(C)C(C)=O.CCC1CCN(c2ccc(OCCOC)cc2)C1. The summed E-state index contributed by atoms with van der Waals surface area (Å²) in [5, 5.41) is 4.51. The van der Waals surface area contributed by atoms with Gasteiger partial charge in [-0.25, -0.2) is 4.98 Å². The third-order valence-corrected chi connectivity index (χ3v) is 8.16. The largest absolute Gasteiger partial charge is 0.491 e. The Bertz CT molecular complexity index is 1340. The summed E-state index contributed by atoms with van der Waals surface area (Å²) in [6, 6.07) is 8.40. The molecule has 1 atom stereocenters. The number of nitrogens with zero attached hydrogens (tertiary/aromatic N) is 5. The number of methoxy groups -OCH3 is 1. The zero-order chi connectivity index (χ0) is 32.2. The van der Waals surface area contributed by atoms with Crippen LogP contribution in [0.25, 0.3) is 17.1 Å². The molecule has 1 amide bonds. The molecule has 9 nitrogen and oxygen atoms in total. The van der Waals surface area contributed by atoms with Crippen molar-refractivity contribution in [2.75, 3.05) is 45.4 Å². The number of ether oxygens (including phenoxy) is 2. The number of anilines is 1. The molecule has 240 valence electrons. The zero-order valence-electron chi connectivity index (χ0n) is 27.8. The Labute approximate surface area is 264 Å².